The molecule has 0 saturated carbocycles. The minimum absolute atomic E-state index is 0. The normalized spacial score (nSPS) is 11.4. The second-order valence-corrected chi connectivity index (χ2v) is 4.17. The molecular weight excluding hydrogens is 248 g/mol. The summed E-state index contributed by atoms with van der Waals surface area (Å²) < 4.78 is 0. The second-order valence-electron chi connectivity index (χ2n) is 4.17. The highest BCUT2D eigenvalue weighted by atomic mass is 35.5. The molecule has 1 rings (SSSR count). The maximum atomic E-state index is 11.8. The number of hydrogen-bond donors (Lipinski definition) is 2. The van der Waals surface area contributed by atoms with E-state index in [0.717, 1.165) is 25.1 Å². The van der Waals surface area contributed by atoms with Gasteiger partial charge in [0.05, 0.1) is 5.92 Å². The van der Waals surface area contributed by atoms with Crippen molar-refractivity contribution in [3.05, 3.63) is 35.9 Å². The zero-order valence-electron chi connectivity index (χ0n) is 11.1. The van der Waals surface area contributed by atoms with Gasteiger partial charge in [-0.25, -0.2) is 0 Å². The molecule has 1 aromatic carbocycles. The average Bonchev–Trinajstić information content (AvgIpc) is 2.38. The SMILES string of the molecule is CCCNCCNC(=O)C(C)c1ccccc1.Cl. The second kappa shape index (κ2) is 9.92. The maximum absolute atomic E-state index is 11.8. The summed E-state index contributed by atoms with van der Waals surface area (Å²) in [4.78, 5) is 11.8. The summed E-state index contributed by atoms with van der Waals surface area (Å²) in [6.07, 6.45) is 1.12. The molecule has 4 heteroatoms. The predicted octanol–water partition coefficient (Wildman–Crippen LogP) is 2.33. The molecule has 0 radical (unpaired) electrons. The number of halogens is 1. The van der Waals surface area contributed by atoms with Crippen LogP contribution in [0, 0.1) is 0 Å². The van der Waals surface area contributed by atoms with Crippen LogP contribution in [0.15, 0.2) is 30.3 Å². The average molecular weight is 271 g/mol. The van der Waals surface area contributed by atoms with Crippen LogP contribution >= 0.6 is 12.4 Å². The fraction of sp³-hybridized carbons (Fsp3) is 0.500. The summed E-state index contributed by atoms with van der Waals surface area (Å²) in [5.74, 6) is 0.0110. The number of carbonyl (C=O) groups excluding carboxylic acids is 1. The monoisotopic (exact) mass is 270 g/mol. The third kappa shape index (κ3) is 6.03. The van der Waals surface area contributed by atoms with Crippen LogP contribution in [0.3, 0.4) is 0 Å². The molecule has 3 nitrogen and oxygen atoms in total. The van der Waals surface area contributed by atoms with E-state index in [1.54, 1.807) is 0 Å². The molecule has 1 atom stereocenters. The Labute approximate surface area is 116 Å². The van der Waals surface area contributed by atoms with Gasteiger partial charge in [-0.15, -0.1) is 12.4 Å². The van der Waals surface area contributed by atoms with E-state index >= 15 is 0 Å². The van der Waals surface area contributed by atoms with E-state index in [9.17, 15) is 4.79 Å². The minimum Gasteiger partial charge on any atom is -0.354 e. The van der Waals surface area contributed by atoms with Crippen LogP contribution < -0.4 is 10.6 Å². The van der Waals surface area contributed by atoms with Crippen molar-refractivity contribution in [2.24, 2.45) is 0 Å². The third-order valence-corrected chi connectivity index (χ3v) is 2.72. The molecule has 0 aliphatic carbocycles. The van der Waals surface area contributed by atoms with E-state index in [2.05, 4.69) is 17.6 Å². The summed E-state index contributed by atoms with van der Waals surface area (Å²) in [6, 6.07) is 9.85. The fourth-order valence-corrected chi connectivity index (χ4v) is 1.62. The van der Waals surface area contributed by atoms with Gasteiger partial charge in [0.15, 0.2) is 0 Å². The lowest BCUT2D eigenvalue weighted by Gasteiger charge is -2.12. The third-order valence-electron chi connectivity index (χ3n) is 2.72. The van der Waals surface area contributed by atoms with E-state index in [1.165, 1.54) is 0 Å². The van der Waals surface area contributed by atoms with Gasteiger partial charge in [-0.3, -0.25) is 4.79 Å². The smallest absolute Gasteiger partial charge is 0.227 e. The summed E-state index contributed by atoms with van der Waals surface area (Å²) >= 11 is 0. The van der Waals surface area contributed by atoms with Gasteiger partial charge in [0, 0.05) is 13.1 Å². The van der Waals surface area contributed by atoms with Crippen molar-refractivity contribution in [2.45, 2.75) is 26.2 Å². The first-order valence-corrected chi connectivity index (χ1v) is 6.29. The number of hydrogen-bond acceptors (Lipinski definition) is 2. The number of benzene rings is 1. The summed E-state index contributed by atoms with van der Waals surface area (Å²) in [5.41, 5.74) is 1.06. The first kappa shape index (κ1) is 16.9. The highest BCUT2D eigenvalue weighted by Crippen LogP contribution is 2.13. The highest BCUT2D eigenvalue weighted by Gasteiger charge is 2.13. The molecule has 2 N–H and O–H groups in total. The van der Waals surface area contributed by atoms with Crippen LogP contribution in [0.25, 0.3) is 0 Å². The molecule has 1 unspecified atom stereocenters. The minimum atomic E-state index is -0.0811. The highest BCUT2D eigenvalue weighted by molar-refractivity contribution is 5.85. The topological polar surface area (TPSA) is 41.1 Å². The van der Waals surface area contributed by atoms with Crippen LogP contribution in [0.5, 0.6) is 0 Å². The largest absolute Gasteiger partial charge is 0.354 e. The predicted molar refractivity (Wildman–Crippen MR) is 78.3 cm³/mol. The zero-order chi connectivity index (χ0) is 12.5. The van der Waals surface area contributed by atoms with Crippen molar-refractivity contribution in [1.82, 2.24) is 10.6 Å². The van der Waals surface area contributed by atoms with E-state index in [0.29, 0.717) is 6.54 Å². The first-order chi connectivity index (χ1) is 8.25. The lowest BCUT2D eigenvalue weighted by Crippen LogP contribution is -2.34. The lowest BCUT2D eigenvalue weighted by molar-refractivity contribution is -0.122. The summed E-state index contributed by atoms with van der Waals surface area (Å²) in [7, 11) is 0. The number of carbonyl (C=O) groups is 1. The van der Waals surface area contributed by atoms with E-state index < -0.39 is 0 Å². The van der Waals surface area contributed by atoms with Gasteiger partial charge >= 0.3 is 0 Å². The molecule has 1 aromatic rings. The molecule has 0 aliphatic rings. The Hall–Kier alpha value is -1.06. The summed E-state index contributed by atoms with van der Waals surface area (Å²) in [5, 5.41) is 6.19. The molecule has 0 aliphatic heterocycles. The van der Waals surface area contributed by atoms with Crippen molar-refractivity contribution < 1.29 is 4.79 Å². The number of nitrogens with one attached hydrogen (secondary N) is 2. The first-order valence-electron chi connectivity index (χ1n) is 6.29. The standard InChI is InChI=1S/C14H22N2O.ClH/c1-3-9-15-10-11-16-14(17)12(2)13-7-5-4-6-8-13;/h4-8,12,15H,3,9-11H2,1-2H3,(H,16,17);1H. The molecule has 0 fully saturated rings. The van der Waals surface area contributed by atoms with Crippen molar-refractivity contribution >= 4 is 18.3 Å². The van der Waals surface area contributed by atoms with Gasteiger partial charge in [-0.1, -0.05) is 37.3 Å². The summed E-state index contributed by atoms with van der Waals surface area (Å²) in [6.45, 7) is 6.59. The van der Waals surface area contributed by atoms with Gasteiger partial charge in [0.2, 0.25) is 5.91 Å². The van der Waals surface area contributed by atoms with Gasteiger partial charge in [0.1, 0.15) is 0 Å². The van der Waals surface area contributed by atoms with Crippen molar-refractivity contribution in [3.63, 3.8) is 0 Å². The molecule has 0 heterocycles. The van der Waals surface area contributed by atoms with Crippen LogP contribution in [0.2, 0.25) is 0 Å². The molecule has 0 saturated heterocycles. The van der Waals surface area contributed by atoms with Crippen LogP contribution in [0.1, 0.15) is 31.7 Å². The quantitative estimate of drug-likeness (QED) is 0.747. The lowest BCUT2D eigenvalue weighted by atomic mass is 10.0. The number of amides is 1. The van der Waals surface area contributed by atoms with E-state index in [4.69, 9.17) is 0 Å². The fourth-order valence-electron chi connectivity index (χ4n) is 1.62. The van der Waals surface area contributed by atoms with Crippen LogP contribution in [0.4, 0.5) is 0 Å². The van der Waals surface area contributed by atoms with Gasteiger partial charge in [0.25, 0.3) is 0 Å². The Bertz CT molecular complexity index is 330. The Morgan fingerprint density at radius 2 is 1.83 bits per heavy atom. The molecular formula is C14H23ClN2O. The van der Waals surface area contributed by atoms with Gasteiger partial charge in [-0.2, -0.15) is 0 Å². The Kier molecular flexibility index (Phi) is 9.33. The van der Waals surface area contributed by atoms with E-state index in [-0.39, 0.29) is 24.2 Å². The number of rotatable bonds is 7. The molecule has 1 amide bonds. The van der Waals surface area contributed by atoms with Crippen molar-refractivity contribution in [3.8, 4) is 0 Å². The Morgan fingerprint density at radius 1 is 1.17 bits per heavy atom. The molecule has 0 bridgehead atoms. The van der Waals surface area contributed by atoms with Gasteiger partial charge < -0.3 is 10.6 Å². The van der Waals surface area contributed by atoms with Crippen molar-refractivity contribution in [2.75, 3.05) is 19.6 Å². The van der Waals surface area contributed by atoms with Crippen molar-refractivity contribution in [1.29, 1.82) is 0 Å². The molecule has 102 valence electrons. The van der Waals surface area contributed by atoms with Crippen LogP contribution in [-0.4, -0.2) is 25.5 Å². The molecule has 0 spiro atoms. The van der Waals surface area contributed by atoms with Crippen LogP contribution in [-0.2, 0) is 4.79 Å². The maximum Gasteiger partial charge on any atom is 0.227 e. The Balaban J connectivity index is 0.00000289. The Morgan fingerprint density at radius 3 is 2.44 bits per heavy atom. The molecule has 0 aromatic heterocycles. The van der Waals surface area contributed by atoms with E-state index in [1.807, 2.05) is 37.3 Å². The molecule has 18 heavy (non-hydrogen) atoms. The van der Waals surface area contributed by atoms with Gasteiger partial charge in [-0.05, 0) is 25.5 Å². The zero-order valence-corrected chi connectivity index (χ0v) is 11.9.